The number of amides is 9. The van der Waals surface area contributed by atoms with Gasteiger partial charge >= 0.3 is 5.97 Å². The van der Waals surface area contributed by atoms with Crippen LogP contribution in [0.25, 0.3) is 0 Å². The van der Waals surface area contributed by atoms with E-state index >= 15 is 0 Å². The molecule has 2 heterocycles. The number of likely N-dealkylation sites (tertiary alicyclic amines) is 1. The van der Waals surface area contributed by atoms with E-state index in [1.54, 1.807) is 79.7 Å². The van der Waals surface area contributed by atoms with Gasteiger partial charge in [-0.25, -0.2) is 0 Å². The van der Waals surface area contributed by atoms with E-state index in [4.69, 9.17) is 16.2 Å². The maximum Gasteiger partial charge on any atom is 0.306 e. The summed E-state index contributed by atoms with van der Waals surface area (Å²) in [5, 5.41) is 15.8. The Bertz CT molecular complexity index is 2470. The van der Waals surface area contributed by atoms with E-state index in [0.717, 1.165) is 5.56 Å². The molecule has 0 radical (unpaired) electrons. The summed E-state index contributed by atoms with van der Waals surface area (Å²) < 4.78 is 5.52. The van der Waals surface area contributed by atoms with Crippen molar-refractivity contribution >= 4 is 59.1 Å². The summed E-state index contributed by atoms with van der Waals surface area (Å²) >= 11 is 0. The van der Waals surface area contributed by atoms with E-state index in [2.05, 4.69) is 38.5 Å². The Balaban J connectivity index is 1.31. The van der Waals surface area contributed by atoms with E-state index in [1.165, 1.54) is 4.90 Å². The lowest BCUT2D eigenvalue weighted by atomic mass is 9.83. The first kappa shape index (κ1) is 56.0. The second-order valence-corrected chi connectivity index (χ2v) is 19.0. The zero-order chi connectivity index (χ0) is 53.2. The first-order valence-electron chi connectivity index (χ1n) is 24.4. The van der Waals surface area contributed by atoms with Crippen molar-refractivity contribution in [3.8, 4) is 0 Å². The SMILES string of the molecule is C=C(C)[C@H]1CN(C(=O)[C@H](CC(C)C)NC(=O)CNC(=O)[C@H](Cc2ccccc2)NC(=O)[C@H](Cc2ccccc2)NC(=O)[C@H](CCC(N)=O)NC(=O)[C@@H]2CCC(=O)N2)[C@H](C(N)=O)[C@H]1CC(=O)OCc1ccccc1. The summed E-state index contributed by atoms with van der Waals surface area (Å²) in [7, 11) is 0. The van der Waals surface area contributed by atoms with Crippen molar-refractivity contribution in [3.05, 3.63) is 120 Å². The first-order valence-corrected chi connectivity index (χ1v) is 24.4. The number of nitrogens with two attached hydrogens (primary N) is 2. The largest absolute Gasteiger partial charge is 0.461 e. The molecule has 0 unspecified atom stereocenters. The summed E-state index contributed by atoms with van der Waals surface area (Å²) in [6.45, 7) is 8.83. The summed E-state index contributed by atoms with van der Waals surface area (Å²) in [5.41, 5.74) is 14.0. The summed E-state index contributed by atoms with van der Waals surface area (Å²) in [6.07, 6.45) is -0.423. The number of hydrogen-bond acceptors (Lipinski definition) is 11. The highest BCUT2D eigenvalue weighted by atomic mass is 16.5. The van der Waals surface area contributed by atoms with Gasteiger partial charge in [-0.2, -0.15) is 0 Å². The van der Waals surface area contributed by atoms with Crippen molar-refractivity contribution in [2.24, 2.45) is 29.2 Å². The molecule has 20 heteroatoms. The lowest BCUT2D eigenvalue weighted by Crippen LogP contribution is -2.59. The van der Waals surface area contributed by atoms with E-state index in [0.29, 0.717) is 16.7 Å². The molecule has 5 rings (SSSR count). The zero-order valence-corrected chi connectivity index (χ0v) is 41.4. The topological polar surface area (TPSA) is 307 Å². The first-order chi connectivity index (χ1) is 34.8. The van der Waals surface area contributed by atoms with Gasteiger partial charge in [-0.3, -0.25) is 47.9 Å². The fourth-order valence-corrected chi connectivity index (χ4v) is 9.00. The Morgan fingerprint density at radius 1 is 0.740 bits per heavy atom. The van der Waals surface area contributed by atoms with Crippen LogP contribution in [-0.2, 0) is 72.1 Å². The van der Waals surface area contributed by atoms with Gasteiger partial charge in [0.25, 0.3) is 0 Å². The average molecular weight is 1010 g/mol. The number of hydrogen-bond donors (Lipinski definition) is 8. The number of nitrogens with one attached hydrogen (secondary N) is 6. The Morgan fingerprint density at radius 2 is 1.29 bits per heavy atom. The number of esters is 1. The number of carbonyl (C=O) groups is 10. The van der Waals surface area contributed by atoms with Crippen LogP contribution in [0.15, 0.2) is 103 Å². The molecule has 2 aliphatic rings. The monoisotopic (exact) mass is 1010 g/mol. The fourth-order valence-electron chi connectivity index (χ4n) is 9.00. The smallest absolute Gasteiger partial charge is 0.306 e. The van der Waals surface area contributed by atoms with Crippen LogP contribution in [-0.4, -0.2) is 113 Å². The second kappa shape index (κ2) is 27.1. The molecule has 2 fully saturated rings. The molecule has 3 aromatic carbocycles. The molecule has 0 aromatic heterocycles. The lowest BCUT2D eigenvalue weighted by molar-refractivity contribution is -0.148. The molecule has 10 N–H and O–H groups in total. The minimum atomic E-state index is -1.34. The molecule has 0 bridgehead atoms. The van der Waals surface area contributed by atoms with E-state index in [-0.39, 0.29) is 76.3 Å². The maximum absolute atomic E-state index is 14.5. The molecule has 0 spiro atoms. The van der Waals surface area contributed by atoms with E-state index < -0.39 is 108 Å². The van der Waals surface area contributed by atoms with Crippen molar-refractivity contribution < 1.29 is 52.7 Å². The van der Waals surface area contributed by atoms with Crippen LogP contribution in [0.3, 0.4) is 0 Å². The van der Waals surface area contributed by atoms with Crippen molar-refractivity contribution in [1.82, 2.24) is 36.8 Å². The third kappa shape index (κ3) is 17.1. The van der Waals surface area contributed by atoms with Gasteiger partial charge in [-0.15, -0.1) is 0 Å². The van der Waals surface area contributed by atoms with E-state index in [9.17, 15) is 47.9 Å². The Kier molecular flexibility index (Phi) is 20.8. The van der Waals surface area contributed by atoms with Gasteiger partial charge in [0, 0.05) is 44.1 Å². The number of benzene rings is 3. The molecular formula is C53H67N9O11. The van der Waals surface area contributed by atoms with Gasteiger partial charge in [-0.1, -0.05) is 117 Å². The Morgan fingerprint density at radius 3 is 1.79 bits per heavy atom. The summed E-state index contributed by atoms with van der Waals surface area (Å²) in [4.78, 5) is 135. The molecule has 3 aromatic rings. The molecule has 9 amide bonds. The summed E-state index contributed by atoms with van der Waals surface area (Å²) in [6, 6.07) is 19.1. The summed E-state index contributed by atoms with van der Waals surface area (Å²) in [5.74, 6) is -8.37. The quantitative estimate of drug-likeness (QED) is 0.0410. The van der Waals surface area contributed by atoms with Crippen molar-refractivity contribution in [2.45, 2.75) is 115 Å². The van der Waals surface area contributed by atoms with Crippen molar-refractivity contribution in [1.29, 1.82) is 0 Å². The number of carbonyl (C=O) groups excluding carboxylic acids is 10. The van der Waals surface area contributed by atoms with Crippen LogP contribution in [0.2, 0.25) is 0 Å². The minimum absolute atomic E-state index is 0.00499. The lowest BCUT2D eigenvalue weighted by Gasteiger charge is -2.30. The van der Waals surface area contributed by atoms with Crippen LogP contribution < -0.4 is 43.4 Å². The fraction of sp³-hybridized carbons (Fsp3) is 0.434. The highest BCUT2D eigenvalue weighted by Gasteiger charge is 2.49. The molecule has 2 saturated heterocycles. The van der Waals surface area contributed by atoms with Crippen LogP contribution in [0.5, 0.6) is 0 Å². The molecule has 2 aliphatic heterocycles. The number of ether oxygens (including phenoxy) is 1. The number of nitrogens with zero attached hydrogens (tertiary/aromatic N) is 1. The highest BCUT2D eigenvalue weighted by molar-refractivity contribution is 5.98. The normalized spacial score (nSPS) is 18.7. The van der Waals surface area contributed by atoms with Gasteiger partial charge in [0.1, 0.15) is 42.9 Å². The predicted octanol–water partition coefficient (Wildman–Crippen LogP) is 0.756. The van der Waals surface area contributed by atoms with Crippen LogP contribution >= 0.6 is 0 Å². The molecule has 8 atom stereocenters. The molecule has 73 heavy (non-hydrogen) atoms. The Labute approximate surface area is 424 Å². The molecular weight excluding hydrogens is 939 g/mol. The predicted molar refractivity (Wildman–Crippen MR) is 267 cm³/mol. The average Bonchev–Trinajstić information content (AvgIpc) is 3.97. The van der Waals surface area contributed by atoms with Crippen LogP contribution in [0.4, 0.5) is 0 Å². The van der Waals surface area contributed by atoms with Gasteiger partial charge in [0.2, 0.25) is 53.2 Å². The van der Waals surface area contributed by atoms with Crippen LogP contribution in [0, 0.1) is 17.8 Å². The van der Waals surface area contributed by atoms with Gasteiger partial charge in [0.05, 0.1) is 13.0 Å². The highest BCUT2D eigenvalue weighted by Crippen LogP contribution is 2.37. The second-order valence-electron chi connectivity index (χ2n) is 19.0. The third-order valence-corrected chi connectivity index (χ3v) is 12.7. The van der Waals surface area contributed by atoms with Crippen molar-refractivity contribution in [2.75, 3.05) is 13.1 Å². The molecule has 0 saturated carbocycles. The Hall–Kier alpha value is -7.90. The third-order valence-electron chi connectivity index (χ3n) is 12.7. The molecule has 390 valence electrons. The standard InChI is InChI=1S/C53H67N9O11/c1-31(2)24-42(53(72)62-29-37(32(3)4)36(47(62)48(55)67)27-46(66)73-30-35-18-12-7-13-19-35)58-45(65)28-56-49(68)40(25-33-14-8-5-9-15-33)60-52(71)41(26-34-16-10-6-11-17-34)61-51(70)39(20-22-43(54)63)59-50(69)38-21-23-44(64)57-38/h5-19,31,36-42,47H,3,20-30H2,1-2,4H3,(H2,54,63)(H2,55,67)(H,56,68)(H,57,64)(H,58,65)(H,59,69)(H,60,71)(H,61,70)/t36-,37+,38-,39-,40-,41-,42-,47-/m0/s1. The molecule has 0 aliphatic carbocycles. The number of rotatable bonds is 26. The number of primary amides is 2. The van der Waals surface area contributed by atoms with Gasteiger partial charge < -0.3 is 53.0 Å². The van der Waals surface area contributed by atoms with Crippen molar-refractivity contribution in [3.63, 3.8) is 0 Å². The van der Waals surface area contributed by atoms with E-state index in [1.807, 2.05) is 32.0 Å². The zero-order valence-electron chi connectivity index (χ0n) is 41.4. The molecule has 20 nitrogen and oxygen atoms in total. The minimum Gasteiger partial charge on any atom is -0.461 e. The maximum atomic E-state index is 14.5. The van der Waals surface area contributed by atoms with Gasteiger partial charge in [-0.05, 0) is 48.8 Å². The van der Waals surface area contributed by atoms with Crippen LogP contribution in [0.1, 0.15) is 76.0 Å². The van der Waals surface area contributed by atoms with Gasteiger partial charge in [0.15, 0.2) is 0 Å².